The Balaban J connectivity index is 1.88. The molecule has 5 heteroatoms. The van der Waals surface area contributed by atoms with Crippen molar-refractivity contribution in [1.82, 2.24) is 0 Å². The van der Waals surface area contributed by atoms with Crippen LogP contribution in [0.2, 0.25) is 0 Å². The molecule has 0 atom stereocenters. The van der Waals surface area contributed by atoms with Crippen LogP contribution in [-0.4, -0.2) is 20.0 Å². The fraction of sp³-hybridized carbons (Fsp3) is 0.0556. The van der Waals surface area contributed by atoms with Crippen LogP contribution in [0.1, 0.15) is 10.4 Å². The van der Waals surface area contributed by atoms with Crippen molar-refractivity contribution in [2.24, 2.45) is 0 Å². The Morgan fingerprint density at radius 2 is 1.52 bits per heavy atom. The third-order valence-corrected chi connectivity index (χ3v) is 5.20. The minimum absolute atomic E-state index is 0.0620. The van der Waals surface area contributed by atoms with Crippen molar-refractivity contribution in [3.05, 3.63) is 78.1 Å². The molecule has 0 unspecified atom stereocenters. The zero-order valence-electron chi connectivity index (χ0n) is 12.1. The number of ketones is 1. The second-order valence-electron chi connectivity index (χ2n) is 5.20. The highest BCUT2D eigenvalue weighted by Gasteiger charge is 2.20. The van der Waals surface area contributed by atoms with Crippen LogP contribution < -0.4 is 0 Å². The van der Waals surface area contributed by atoms with E-state index in [0.717, 1.165) is 22.9 Å². The predicted octanol–water partition coefficient (Wildman–Crippen LogP) is 3.64. The number of Topliss-reactive ketones (excluding diaryl/α,β-unsaturated/α-hetero) is 1. The summed E-state index contributed by atoms with van der Waals surface area (Å²) in [5, 5.41) is 1.85. The van der Waals surface area contributed by atoms with E-state index in [1.807, 2.05) is 24.3 Å². The molecule has 3 aromatic carbocycles. The number of carbonyl (C=O) groups is 1. The smallest absolute Gasteiger partial charge is 0.185 e. The summed E-state index contributed by atoms with van der Waals surface area (Å²) in [7, 11) is -3.79. The van der Waals surface area contributed by atoms with Crippen molar-refractivity contribution in [3.8, 4) is 0 Å². The van der Waals surface area contributed by atoms with Crippen molar-refractivity contribution >= 4 is 26.4 Å². The molecular weight excluding hydrogens is 315 g/mol. The standard InChI is InChI=1S/C18H13FO3S/c19-16-7-9-17(10-8-16)23(21,22)12-18(20)15-6-5-13-3-1-2-4-14(13)11-15/h1-11H,12H2. The molecule has 0 aliphatic carbocycles. The van der Waals surface area contributed by atoms with Gasteiger partial charge in [-0.05, 0) is 41.1 Å². The molecule has 3 nitrogen and oxygen atoms in total. The fourth-order valence-electron chi connectivity index (χ4n) is 2.34. The second-order valence-corrected chi connectivity index (χ2v) is 7.19. The van der Waals surface area contributed by atoms with Gasteiger partial charge in [-0.25, -0.2) is 12.8 Å². The van der Waals surface area contributed by atoms with Gasteiger partial charge in [0.05, 0.1) is 4.90 Å². The number of carbonyl (C=O) groups excluding carboxylic acids is 1. The Hall–Kier alpha value is -2.53. The third kappa shape index (κ3) is 3.29. The van der Waals surface area contributed by atoms with Gasteiger partial charge < -0.3 is 0 Å². The molecule has 116 valence electrons. The number of hydrogen-bond acceptors (Lipinski definition) is 3. The van der Waals surface area contributed by atoms with Crippen molar-refractivity contribution in [2.75, 3.05) is 5.75 Å². The second kappa shape index (κ2) is 5.93. The molecule has 23 heavy (non-hydrogen) atoms. The number of halogens is 1. The molecule has 0 amide bonds. The van der Waals surface area contributed by atoms with Crippen molar-refractivity contribution in [2.45, 2.75) is 4.90 Å². The molecule has 0 aliphatic heterocycles. The molecule has 3 aromatic rings. The van der Waals surface area contributed by atoms with Gasteiger partial charge >= 0.3 is 0 Å². The summed E-state index contributed by atoms with van der Waals surface area (Å²) in [5.74, 6) is -1.65. The largest absolute Gasteiger partial charge is 0.293 e. The maximum atomic E-state index is 12.9. The number of benzene rings is 3. The van der Waals surface area contributed by atoms with Gasteiger partial charge in [0.15, 0.2) is 15.6 Å². The van der Waals surface area contributed by atoms with E-state index in [2.05, 4.69) is 0 Å². The topological polar surface area (TPSA) is 51.2 Å². The predicted molar refractivity (Wildman–Crippen MR) is 86.7 cm³/mol. The monoisotopic (exact) mass is 328 g/mol. The lowest BCUT2D eigenvalue weighted by Gasteiger charge is -2.05. The molecular formula is C18H13FO3S. The van der Waals surface area contributed by atoms with Gasteiger partial charge in [0.25, 0.3) is 0 Å². The van der Waals surface area contributed by atoms with Crippen molar-refractivity contribution in [1.29, 1.82) is 0 Å². The molecule has 0 radical (unpaired) electrons. The van der Waals surface area contributed by atoms with Crippen LogP contribution >= 0.6 is 0 Å². The van der Waals surface area contributed by atoms with Crippen molar-refractivity contribution < 1.29 is 17.6 Å². The van der Waals surface area contributed by atoms with Gasteiger partial charge in [-0.15, -0.1) is 0 Å². The molecule has 0 heterocycles. The number of rotatable bonds is 4. The Labute approximate surface area is 133 Å². The van der Waals surface area contributed by atoms with E-state index in [4.69, 9.17) is 0 Å². The zero-order valence-corrected chi connectivity index (χ0v) is 12.9. The normalized spacial score (nSPS) is 11.5. The Morgan fingerprint density at radius 3 is 2.22 bits per heavy atom. The summed E-state index contributed by atoms with van der Waals surface area (Å²) in [6.07, 6.45) is 0. The van der Waals surface area contributed by atoms with E-state index in [1.54, 1.807) is 18.2 Å². The average Bonchev–Trinajstić information content (AvgIpc) is 2.54. The Bertz CT molecular complexity index is 977. The van der Waals surface area contributed by atoms with Crippen LogP contribution in [-0.2, 0) is 9.84 Å². The lowest BCUT2D eigenvalue weighted by atomic mass is 10.1. The summed E-state index contributed by atoms with van der Waals surface area (Å²) >= 11 is 0. The lowest BCUT2D eigenvalue weighted by Crippen LogP contribution is -2.16. The van der Waals surface area contributed by atoms with Crippen LogP contribution in [0, 0.1) is 5.82 Å². The first-order valence-electron chi connectivity index (χ1n) is 6.96. The highest BCUT2D eigenvalue weighted by molar-refractivity contribution is 7.92. The minimum Gasteiger partial charge on any atom is -0.293 e. The van der Waals surface area contributed by atoms with Gasteiger partial charge in [0, 0.05) is 5.56 Å². The van der Waals surface area contributed by atoms with Crippen LogP contribution in [0.5, 0.6) is 0 Å². The molecule has 0 saturated heterocycles. The summed E-state index contributed by atoms with van der Waals surface area (Å²) < 4.78 is 37.4. The molecule has 0 fully saturated rings. The first kappa shape index (κ1) is 15.4. The third-order valence-electron chi connectivity index (χ3n) is 3.57. The summed E-state index contributed by atoms with van der Waals surface area (Å²) in [5.41, 5.74) is 0.342. The number of fused-ring (bicyclic) bond motifs is 1. The van der Waals surface area contributed by atoms with Gasteiger partial charge in [-0.1, -0.05) is 36.4 Å². The van der Waals surface area contributed by atoms with Crippen LogP contribution in [0.4, 0.5) is 4.39 Å². The van der Waals surface area contributed by atoms with Crippen LogP contribution in [0.3, 0.4) is 0 Å². The molecule has 0 spiro atoms. The molecule has 0 N–H and O–H groups in total. The molecule has 0 aliphatic rings. The number of sulfone groups is 1. The SMILES string of the molecule is O=C(CS(=O)(=O)c1ccc(F)cc1)c1ccc2ccccc2c1. The fourth-order valence-corrected chi connectivity index (χ4v) is 3.57. The summed E-state index contributed by atoms with van der Waals surface area (Å²) in [6.45, 7) is 0. The molecule has 0 aromatic heterocycles. The highest BCUT2D eigenvalue weighted by Crippen LogP contribution is 2.18. The van der Waals surface area contributed by atoms with E-state index >= 15 is 0 Å². The number of hydrogen-bond donors (Lipinski definition) is 0. The van der Waals surface area contributed by atoms with Crippen molar-refractivity contribution in [3.63, 3.8) is 0 Å². The minimum atomic E-state index is -3.79. The van der Waals surface area contributed by atoms with E-state index < -0.39 is 27.2 Å². The van der Waals surface area contributed by atoms with Gasteiger partial charge in [-0.2, -0.15) is 0 Å². The molecule has 3 rings (SSSR count). The van der Waals surface area contributed by atoms with Gasteiger partial charge in [0.1, 0.15) is 11.6 Å². The molecule has 0 bridgehead atoms. The lowest BCUT2D eigenvalue weighted by molar-refractivity contribution is 0.102. The highest BCUT2D eigenvalue weighted by atomic mass is 32.2. The molecule has 0 saturated carbocycles. The summed E-state index contributed by atoms with van der Waals surface area (Å²) in [4.78, 5) is 12.2. The van der Waals surface area contributed by atoms with Gasteiger partial charge in [0.2, 0.25) is 0 Å². The van der Waals surface area contributed by atoms with E-state index in [0.29, 0.717) is 5.56 Å². The average molecular weight is 328 g/mol. The van der Waals surface area contributed by atoms with Crippen LogP contribution in [0.15, 0.2) is 71.6 Å². The van der Waals surface area contributed by atoms with E-state index in [-0.39, 0.29) is 4.90 Å². The van der Waals surface area contributed by atoms with E-state index in [1.165, 1.54) is 12.1 Å². The van der Waals surface area contributed by atoms with E-state index in [9.17, 15) is 17.6 Å². The maximum Gasteiger partial charge on any atom is 0.185 e. The quantitative estimate of drug-likeness (QED) is 0.543. The first-order valence-corrected chi connectivity index (χ1v) is 8.61. The zero-order chi connectivity index (χ0) is 16.4. The van der Waals surface area contributed by atoms with Crippen LogP contribution in [0.25, 0.3) is 10.8 Å². The summed E-state index contributed by atoms with van der Waals surface area (Å²) in [6, 6.07) is 17.1. The Kier molecular flexibility index (Phi) is 3.96. The Morgan fingerprint density at radius 1 is 0.870 bits per heavy atom. The maximum absolute atomic E-state index is 12.9. The van der Waals surface area contributed by atoms with Gasteiger partial charge in [-0.3, -0.25) is 4.79 Å². The first-order chi connectivity index (χ1) is 11.0.